The highest BCUT2D eigenvalue weighted by molar-refractivity contribution is 6.01. The first-order valence-electron chi connectivity index (χ1n) is 11.2. The maximum atomic E-state index is 14.1. The van der Waals surface area contributed by atoms with E-state index in [1.54, 1.807) is 24.8 Å². The Balaban J connectivity index is 1.34. The molecule has 3 rings (SSSR count). The van der Waals surface area contributed by atoms with Crippen molar-refractivity contribution in [2.24, 2.45) is 0 Å². The maximum absolute atomic E-state index is 14.1. The molecule has 172 valence electrons. The third kappa shape index (κ3) is 6.90. The molecular weight excluding hydrogens is 401 g/mol. The second-order valence-electron chi connectivity index (χ2n) is 9.30. The molecule has 1 heterocycles. The molecule has 3 N–H and O–H groups in total. The van der Waals surface area contributed by atoms with Gasteiger partial charge in [0.2, 0.25) is 5.91 Å². The average molecular weight is 436 g/mol. The number of imide groups is 1. The van der Waals surface area contributed by atoms with Gasteiger partial charge in [-0.15, -0.1) is 0 Å². The number of halogens is 1. The first-order valence-corrected chi connectivity index (χ1v) is 11.2. The molecule has 0 aromatic heterocycles. The molecule has 1 aliphatic carbocycles. The molecule has 31 heavy (non-hydrogen) atoms. The predicted octanol–water partition coefficient (Wildman–Crippen LogP) is 3.06. The summed E-state index contributed by atoms with van der Waals surface area (Å²) in [4.78, 5) is 24.2. The van der Waals surface area contributed by atoms with E-state index in [0.29, 0.717) is 6.54 Å². The zero-order valence-electron chi connectivity index (χ0n) is 18.5. The molecular formula is C23H34FN3O4. The van der Waals surface area contributed by atoms with Crippen LogP contribution in [0.15, 0.2) is 18.2 Å². The highest BCUT2D eigenvalue weighted by atomic mass is 19.1. The van der Waals surface area contributed by atoms with Gasteiger partial charge in [0.25, 0.3) is 0 Å². The minimum absolute atomic E-state index is 0.0343. The van der Waals surface area contributed by atoms with E-state index in [1.807, 2.05) is 6.07 Å². The van der Waals surface area contributed by atoms with Crippen molar-refractivity contribution >= 4 is 11.9 Å². The Labute approximate surface area is 183 Å². The summed E-state index contributed by atoms with van der Waals surface area (Å²) in [6.45, 7) is 4.98. The minimum atomic E-state index is -1.02. The third-order valence-corrected chi connectivity index (χ3v) is 5.75. The normalized spacial score (nSPS) is 17.7. The van der Waals surface area contributed by atoms with Crippen molar-refractivity contribution in [3.63, 3.8) is 0 Å². The Hall–Kier alpha value is -2.19. The van der Waals surface area contributed by atoms with E-state index in [2.05, 4.69) is 10.6 Å². The lowest BCUT2D eigenvalue weighted by molar-refractivity contribution is -0.118. The number of ether oxygens (including phenoxy) is 1. The highest BCUT2D eigenvalue weighted by Crippen LogP contribution is 2.46. The molecule has 8 heteroatoms. The van der Waals surface area contributed by atoms with Crippen molar-refractivity contribution in [1.82, 2.24) is 15.5 Å². The van der Waals surface area contributed by atoms with Gasteiger partial charge < -0.3 is 20.1 Å². The smallest absolute Gasteiger partial charge is 0.324 e. The fraction of sp³-hybridized carbons (Fsp3) is 0.652. The number of nitrogens with one attached hydrogen (secondary N) is 2. The van der Waals surface area contributed by atoms with Crippen LogP contribution in [0.5, 0.6) is 5.75 Å². The van der Waals surface area contributed by atoms with E-state index in [1.165, 1.54) is 6.07 Å². The molecule has 0 bridgehead atoms. The number of nitrogens with zero attached hydrogens (tertiary/aromatic N) is 1. The van der Waals surface area contributed by atoms with Crippen LogP contribution in [0.1, 0.15) is 64.4 Å². The van der Waals surface area contributed by atoms with Crippen molar-refractivity contribution in [1.29, 1.82) is 0 Å². The summed E-state index contributed by atoms with van der Waals surface area (Å²) in [5, 5.41) is 15.7. The van der Waals surface area contributed by atoms with Crippen LogP contribution in [0.3, 0.4) is 0 Å². The van der Waals surface area contributed by atoms with Crippen LogP contribution in [0.2, 0.25) is 0 Å². The zero-order valence-corrected chi connectivity index (χ0v) is 18.5. The molecule has 0 spiro atoms. The van der Waals surface area contributed by atoms with Crippen molar-refractivity contribution < 1.29 is 23.8 Å². The van der Waals surface area contributed by atoms with Crippen molar-refractivity contribution in [2.45, 2.75) is 69.9 Å². The SMILES string of the molecule is CC(C)(O)COc1cc(C2(NCCCCCCCN3CC(=O)NC3=O)CC2)ccc1F. The van der Waals surface area contributed by atoms with Gasteiger partial charge in [-0.2, -0.15) is 0 Å². The number of carbonyl (C=O) groups excluding carboxylic acids is 2. The van der Waals surface area contributed by atoms with Crippen LogP contribution in [0, 0.1) is 5.82 Å². The minimum Gasteiger partial charge on any atom is -0.488 e. The first kappa shape index (κ1) is 23.5. The number of benzene rings is 1. The number of urea groups is 1. The Morgan fingerprint density at radius 2 is 1.90 bits per heavy atom. The fourth-order valence-electron chi connectivity index (χ4n) is 3.81. The molecule has 1 aromatic rings. The highest BCUT2D eigenvalue weighted by Gasteiger charge is 2.44. The van der Waals surface area contributed by atoms with Gasteiger partial charge in [-0.3, -0.25) is 10.1 Å². The van der Waals surface area contributed by atoms with Crippen LogP contribution < -0.4 is 15.4 Å². The summed E-state index contributed by atoms with van der Waals surface area (Å²) in [7, 11) is 0. The lowest BCUT2D eigenvalue weighted by atomic mass is 10.0. The lowest BCUT2D eigenvalue weighted by Crippen LogP contribution is -2.30. The maximum Gasteiger partial charge on any atom is 0.324 e. The first-order chi connectivity index (χ1) is 14.7. The van der Waals surface area contributed by atoms with Crippen LogP contribution >= 0.6 is 0 Å². The van der Waals surface area contributed by atoms with Crippen molar-refractivity contribution in [3.05, 3.63) is 29.6 Å². The van der Waals surface area contributed by atoms with E-state index >= 15 is 0 Å². The van der Waals surface area contributed by atoms with E-state index < -0.39 is 11.4 Å². The van der Waals surface area contributed by atoms with Crippen molar-refractivity contribution in [2.75, 3.05) is 26.2 Å². The molecule has 0 radical (unpaired) electrons. The topological polar surface area (TPSA) is 90.9 Å². The molecule has 1 saturated heterocycles. The number of unbranched alkanes of at least 4 members (excludes halogenated alkanes) is 4. The summed E-state index contributed by atoms with van der Waals surface area (Å²) in [6.07, 6.45) is 7.19. The largest absolute Gasteiger partial charge is 0.488 e. The third-order valence-electron chi connectivity index (χ3n) is 5.75. The molecule has 1 saturated carbocycles. The number of aliphatic hydroxyl groups is 1. The predicted molar refractivity (Wildman–Crippen MR) is 115 cm³/mol. The van der Waals surface area contributed by atoms with Crippen LogP contribution in [-0.2, 0) is 10.3 Å². The summed E-state index contributed by atoms with van der Waals surface area (Å²) < 4.78 is 19.6. The Morgan fingerprint density at radius 3 is 2.55 bits per heavy atom. The van der Waals surface area contributed by atoms with E-state index in [0.717, 1.165) is 57.1 Å². The number of rotatable bonds is 13. The van der Waals surface area contributed by atoms with Gasteiger partial charge in [0, 0.05) is 12.1 Å². The number of carbonyl (C=O) groups is 2. The van der Waals surface area contributed by atoms with Crippen LogP contribution in [0.4, 0.5) is 9.18 Å². The second-order valence-corrected chi connectivity index (χ2v) is 9.30. The molecule has 1 aliphatic heterocycles. The lowest BCUT2D eigenvalue weighted by Gasteiger charge is -2.21. The van der Waals surface area contributed by atoms with Gasteiger partial charge in [-0.05, 0) is 63.8 Å². The Kier molecular flexibility index (Phi) is 7.54. The summed E-state index contributed by atoms with van der Waals surface area (Å²) in [5.74, 6) is -0.456. The zero-order chi connectivity index (χ0) is 22.5. The van der Waals surface area contributed by atoms with Crippen LogP contribution in [0.25, 0.3) is 0 Å². The van der Waals surface area contributed by atoms with Gasteiger partial charge >= 0.3 is 6.03 Å². The molecule has 1 aromatic carbocycles. The van der Waals surface area contributed by atoms with Crippen LogP contribution in [-0.4, -0.2) is 53.8 Å². The molecule has 3 amide bonds. The summed E-state index contributed by atoms with van der Waals surface area (Å²) in [5.41, 5.74) is -0.0926. The molecule has 0 unspecified atom stereocenters. The quantitative estimate of drug-likeness (QED) is 0.327. The average Bonchev–Trinajstić information content (AvgIpc) is 3.41. The molecule has 2 aliphatic rings. The second kappa shape index (κ2) is 9.96. The fourth-order valence-corrected chi connectivity index (χ4v) is 3.81. The van der Waals surface area contributed by atoms with Gasteiger partial charge in [0.05, 0.1) is 5.60 Å². The standard InChI is InChI=1S/C23H34FN3O4/c1-22(2,30)16-31-19-14-17(8-9-18(19)24)23(10-11-23)25-12-6-4-3-5-7-13-27-15-20(28)26-21(27)29/h8-9,14,25,30H,3-7,10-13,15-16H2,1-2H3,(H,26,28,29). The van der Waals surface area contributed by atoms with E-state index in [4.69, 9.17) is 4.74 Å². The number of amides is 3. The van der Waals surface area contributed by atoms with E-state index in [-0.39, 0.29) is 36.4 Å². The van der Waals surface area contributed by atoms with E-state index in [9.17, 15) is 19.1 Å². The monoisotopic (exact) mass is 435 g/mol. The van der Waals surface area contributed by atoms with Crippen molar-refractivity contribution in [3.8, 4) is 5.75 Å². The Morgan fingerprint density at radius 1 is 1.19 bits per heavy atom. The molecule has 0 atom stereocenters. The van der Waals surface area contributed by atoms with Gasteiger partial charge in [-0.1, -0.05) is 25.3 Å². The van der Waals surface area contributed by atoms with Gasteiger partial charge in [0.15, 0.2) is 11.6 Å². The number of hydrogen-bond donors (Lipinski definition) is 3. The number of hydrogen-bond acceptors (Lipinski definition) is 5. The van der Waals surface area contributed by atoms with Gasteiger partial charge in [-0.25, -0.2) is 9.18 Å². The molecule has 2 fully saturated rings. The summed E-state index contributed by atoms with van der Waals surface area (Å²) >= 11 is 0. The summed E-state index contributed by atoms with van der Waals surface area (Å²) in [6, 6.07) is 4.72. The molecule has 7 nitrogen and oxygen atoms in total. The Bertz CT molecular complexity index is 790. The van der Waals surface area contributed by atoms with Gasteiger partial charge in [0.1, 0.15) is 13.2 Å².